The smallest absolute Gasteiger partial charge is 0.158 e. The lowest BCUT2D eigenvalue weighted by molar-refractivity contribution is 0.135. The monoisotopic (exact) mass is 648 g/mol. The average Bonchev–Trinajstić information content (AvgIpc) is 3.06. The quantitative estimate of drug-likeness (QED) is 0.300. The Morgan fingerprint density at radius 2 is 1.62 bits per heavy atom. The number of likely N-dealkylation sites (tertiary alicyclic amines) is 1. The Hall–Kier alpha value is -2.56. The molecule has 0 spiro atoms. The summed E-state index contributed by atoms with van der Waals surface area (Å²) in [5.41, 5.74) is 16.5. The molecule has 242 valence electrons. The molecule has 3 fully saturated rings. The van der Waals surface area contributed by atoms with Gasteiger partial charge in [-0.1, -0.05) is 66.2 Å². The molecule has 0 aliphatic carbocycles. The number of piperazine rings is 1. The number of nitrogens with two attached hydrogens (primary N) is 2. The maximum absolute atomic E-state index is 7.02. The van der Waals surface area contributed by atoms with E-state index >= 15 is 0 Å². The van der Waals surface area contributed by atoms with Crippen molar-refractivity contribution in [3.8, 4) is 0 Å². The van der Waals surface area contributed by atoms with Gasteiger partial charge in [-0.15, -0.1) is 0 Å². The van der Waals surface area contributed by atoms with Gasteiger partial charge in [-0.2, -0.15) is 0 Å². The molecule has 0 unspecified atom stereocenters. The molecule has 3 aliphatic heterocycles. The first-order valence-electron chi connectivity index (χ1n) is 16.6. The number of nitrogen functional groups attached to an aromatic ring is 1. The maximum atomic E-state index is 7.02. The number of benzene rings is 2. The number of halogens is 1. The van der Waals surface area contributed by atoms with Crippen molar-refractivity contribution in [2.75, 3.05) is 81.0 Å². The number of hydrogen-bond donors (Lipinski definition) is 2. The standard InChI is InChI=1S/C35H49ClN8S/c1-26-6-8-27(9-7-26)23-41-14-10-28(11-15-41)24-42-18-20-43(21-19-42)29-4-3-5-30(32(29)36)45-34-33(38)40-31(22-39-34)44-16-12-35(2,25-37)13-17-44/h3-9,22,28H,10-21,23-25,37H2,1-2H3,(H2,38,40). The number of nitrogens with zero attached hydrogens (tertiary/aromatic N) is 6. The van der Waals surface area contributed by atoms with Crippen molar-refractivity contribution in [1.82, 2.24) is 19.8 Å². The van der Waals surface area contributed by atoms with Crippen LogP contribution in [0.25, 0.3) is 0 Å². The average molecular weight is 649 g/mol. The van der Waals surface area contributed by atoms with Crippen LogP contribution in [0.4, 0.5) is 17.3 Å². The molecular formula is C35H49ClN8S. The highest BCUT2D eigenvalue weighted by atomic mass is 35.5. The molecule has 10 heteroatoms. The minimum Gasteiger partial charge on any atom is -0.381 e. The SMILES string of the molecule is Cc1ccc(CN2CCC(CN3CCN(c4cccc(Sc5ncc(N6CCC(C)(CN)CC6)nc5N)c4Cl)CC3)CC2)cc1. The van der Waals surface area contributed by atoms with Crippen LogP contribution in [0.15, 0.2) is 58.6 Å². The summed E-state index contributed by atoms with van der Waals surface area (Å²) in [5, 5.41) is 1.45. The van der Waals surface area contributed by atoms with Gasteiger partial charge in [-0.3, -0.25) is 9.80 Å². The normalized spacial score (nSPS) is 20.1. The van der Waals surface area contributed by atoms with Crippen molar-refractivity contribution >= 4 is 40.7 Å². The van der Waals surface area contributed by atoms with Crippen LogP contribution in [0.3, 0.4) is 0 Å². The van der Waals surface area contributed by atoms with Gasteiger partial charge in [0.05, 0.1) is 16.9 Å². The van der Waals surface area contributed by atoms with Gasteiger partial charge in [0, 0.05) is 57.3 Å². The fourth-order valence-electron chi connectivity index (χ4n) is 6.84. The number of rotatable bonds is 9. The lowest BCUT2D eigenvalue weighted by Crippen LogP contribution is -2.49. The largest absolute Gasteiger partial charge is 0.381 e. The van der Waals surface area contributed by atoms with Crippen LogP contribution in [0.2, 0.25) is 5.02 Å². The van der Waals surface area contributed by atoms with Gasteiger partial charge in [-0.05, 0) is 81.3 Å². The highest BCUT2D eigenvalue weighted by Crippen LogP contribution is 2.40. The lowest BCUT2D eigenvalue weighted by atomic mass is 9.80. The fraction of sp³-hybridized carbons (Fsp3) is 0.543. The van der Waals surface area contributed by atoms with Gasteiger partial charge < -0.3 is 21.3 Å². The van der Waals surface area contributed by atoms with Gasteiger partial charge in [0.25, 0.3) is 0 Å². The van der Waals surface area contributed by atoms with Gasteiger partial charge in [-0.25, -0.2) is 9.97 Å². The molecule has 4 N–H and O–H groups in total. The summed E-state index contributed by atoms with van der Waals surface area (Å²) in [6.45, 7) is 15.7. The van der Waals surface area contributed by atoms with Crippen LogP contribution >= 0.6 is 23.4 Å². The summed E-state index contributed by atoms with van der Waals surface area (Å²) < 4.78 is 0. The van der Waals surface area contributed by atoms with E-state index in [1.165, 1.54) is 55.4 Å². The van der Waals surface area contributed by atoms with Crippen molar-refractivity contribution in [3.63, 3.8) is 0 Å². The summed E-state index contributed by atoms with van der Waals surface area (Å²) in [4.78, 5) is 20.3. The highest BCUT2D eigenvalue weighted by molar-refractivity contribution is 7.99. The van der Waals surface area contributed by atoms with E-state index in [0.717, 1.165) is 92.5 Å². The van der Waals surface area contributed by atoms with Crippen molar-refractivity contribution < 1.29 is 0 Å². The Kier molecular flexibility index (Phi) is 10.4. The van der Waals surface area contributed by atoms with E-state index in [2.05, 4.69) is 69.8 Å². The van der Waals surface area contributed by atoms with E-state index < -0.39 is 0 Å². The summed E-state index contributed by atoms with van der Waals surface area (Å²) >= 11 is 8.52. The topological polar surface area (TPSA) is 90.8 Å². The zero-order valence-electron chi connectivity index (χ0n) is 26.9. The molecule has 1 aromatic heterocycles. The molecule has 0 radical (unpaired) electrons. The zero-order valence-corrected chi connectivity index (χ0v) is 28.5. The predicted molar refractivity (Wildman–Crippen MR) is 188 cm³/mol. The molecule has 0 saturated carbocycles. The Balaban J connectivity index is 0.986. The van der Waals surface area contributed by atoms with Crippen LogP contribution in [0, 0.1) is 18.3 Å². The second-order valence-electron chi connectivity index (χ2n) is 13.6. The van der Waals surface area contributed by atoms with E-state index in [9.17, 15) is 0 Å². The number of hydrogen-bond acceptors (Lipinski definition) is 9. The number of aromatic nitrogens is 2. The Morgan fingerprint density at radius 1 is 0.911 bits per heavy atom. The molecule has 0 atom stereocenters. The summed E-state index contributed by atoms with van der Waals surface area (Å²) in [7, 11) is 0. The number of anilines is 3. The van der Waals surface area contributed by atoms with E-state index in [0.29, 0.717) is 10.8 Å². The molecule has 6 rings (SSSR count). The molecule has 3 aliphatic rings. The molecule has 0 bridgehead atoms. The summed E-state index contributed by atoms with van der Waals surface area (Å²) in [6, 6.07) is 15.3. The summed E-state index contributed by atoms with van der Waals surface area (Å²) in [5.74, 6) is 2.07. The lowest BCUT2D eigenvalue weighted by Gasteiger charge is -2.40. The van der Waals surface area contributed by atoms with Crippen LogP contribution in [-0.2, 0) is 6.54 Å². The molecule has 0 amide bonds. The van der Waals surface area contributed by atoms with Crippen LogP contribution < -0.4 is 21.3 Å². The van der Waals surface area contributed by atoms with Crippen molar-refractivity contribution in [2.45, 2.75) is 56.0 Å². The van der Waals surface area contributed by atoms with E-state index in [4.69, 9.17) is 33.0 Å². The van der Waals surface area contributed by atoms with Crippen LogP contribution in [0.5, 0.6) is 0 Å². The van der Waals surface area contributed by atoms with Crippen LogP contribution in [-0.4, -0.2) is 85.2 Å². The van der Waals surface area contributed by atoms with Crippen molar-refractivity contribution in [3.05, 3.63) is 64.8 Å². The zero-order chi connectivity index (χ0) is 31.4. The third-order valence-corrected chi connectivity index (χ3v) is 11.7. The fourth-order valence-corrected chi connectivity index (χ4v) is 8.00. The van der Waals surface area contributed by atoms with Gasteiger partial charge >= 0.3 is 0 Å². The minimum atomic E-state index is 0.208. The first-order valence-corrected chi connectivity index (χ1v) is 17.8. The minimum absolute atomic E-state index is 0.208. The first-order chi connectivity index (χ1) is 21.8. The molecule has 3 aromatic rings. The third-order valence-electron chi connectivity index (χ3n) is 10.2. The van der Waals surface area contributed by atoms with E-state index in [1.807, 2.05) is 12.3 Å². The third kappa shape index (κ3) is 8.06. The molecule has 8 nitrogen and oxygen atoms in total. The number of piperidine rings is 2. The Labute approximate surface area is 278 Å². The van der Waals surface area contributed by atoms with Gasteiger partial charge in [0.15, 0.2) is 5.82 Å². The molecule has 45 heavy (non-hydrogen) atoms. The van der Waals surface area contributed by atoms with Gasteiger partial charge in [0.2, 0.25) is 0 Å². The first kappa shape index (κ1) is 32.4. The molecular weight excluding hydrogens is 600 g/mol. The Bertz CT molecular complexity index is 1410. The highest BCUT2D eigenvalue weighted by Gasteiger charge is 2.30. The molecule has 2 aromatic carbocycles. The second-order valence-corrected chi connectivity index (χ2v) is 15.0. The predicted octanol–water partition coefficient (Wildman–Crippen LogP) is 5.77. The second kappa shape index (κ2) is 14.5. The van der Waals surface area contributed by atoms with E-state index in [-0.39, 0.29) is 5.41 Å². The van der Waals surface area contributed by atoms with Crippen molar-refractivity contribution in [2.24, 2.45) is 17.1 Å². The maximum Gasteiger partial charge on any atom is 0.158 e. The Morgan fingerprint density at radius 3 is 2.29 bits per heavy atom. The molecule has 4 heterocycles. The van der Waals surface area contributed by atoms with Gasteiger partial charge in [0.1, 0.15) is 10.8 Å². The van der Waals surface area contributed by atoms with E-state index in [1.54, 1.807) is 0 Å². The molecule has 3 saturated heterocycles. The van der Waals surface area contributed by atoms with Crippen LogP contribution in [0.1, 0.15) is 43.7 Å². The summed E-state index contributed by atoms with van der Waals surface area (Å²) in [6.07, 6.45) is 6.51. The van der Waals surface area contributed by atoms with Crippen molar-refractivity contribution in [1.29, 1.82) is 0 Å². The number of aryl methyl sites for hydroxylation is 1.